The third kappa shape index (κ3) is 20.0. The van der Waals surface area contributed by atoms with E-state index in [4.69, 9.17) is 117 Å². The van der Waals surface area contributed by atoms with E-state index in [0.717, 1.165) is 61.5 Å². The minimum atomic E-state index is -4.13. The van der Waals surface area contributed by atoms with Crippen molar-refractivity contribution in [3.63, 3.8) is 0 Å². The Morgan fingerprint density at radius 1 is 0.477 bits per heavy atom. The molecule has 14 atom stereocenters. The Labute approximate surface area is 764 Å². The first-order valence-corrected chi connectivity index (χ1v) is 46.0. The summed E-state index contributed by atoms with van der Waals surface area (Å²) in [6, 6.07) is 54.6. The number of carbonyl (C=O) groups excluding carboxylic acids is 7. The number of rotatable bonds is 22. The Balaban J connectivity index is 0.000000124. The second-order valence-corrected chi connectivity index (χ2v) is 40.7. The van der Waals surface area contributed by atoms with Gasteiger partial charge in [0.2, 0.25) is 19.6 Å². The minimum Gasteiger partial charge on any atom is -0.691 e. The van der Waals surface area contributed by atoms with Crippen LogP contribution in [0.5, 0.6) is 23.0 Å². The van der Waals surface area contributed by atoms with Gasteiger partial charge in [-0.2, -0.15) is 21.9 Å². The van der Waals surface area contributed by atoms with Crippen LogP contribution in [0.15, 0.2) is 187 Å². The van der Waals surface area contributed by atoms with E-state index in [1.54, 1.807) is 0 Å². The summed E-state index contributed by atoms with van der Waals surface area (Å²) in [6.07, 6.45) is 1.77. The van der Waals surface area contributed by atoms with Gasteiger partial charge in [0.15, 0.2) is 46.0 Å². The Kier molecular flexibility index (Phi) is 29.4. The van der Waals surface area contributed by atoms with Crippen molar-refractivity contribution in [2.24, 2.45) is 81.8 Å². The normalized spacial score (nSPS) is 29.6. The molecule has 12 saturated carbocycles. The molecule has 14 fully saturated rings. The number of carboxylic acid groups (broad SMARTS) is 1. The number of carboxylic acids is 1. The van der Waals surface area contributed by atoms with Gasteiger partial charge in [-0.25, -0.2) is 19.2 Å². The van der Waals surface area contributed by atoms with Gasteiger partial charge in [-0.05, 0) is 198 Å². The maximum atomic E-state index is 13.9. The van der Waals surface area contributed by atoms with Crippen LogP contribution in [0.1, 0.15) is 96.8 Å². The van der Waals surface area contributed by atoms with E-state index >= 15 is 0 Å². The summed E-state index contributed by atoms with van der Waals surface area (Å²) in [6.45, 7) is -0.626. The molecule has 128 heavy (non-hydrogen) atoms. The van der Waals surface area contributed by atoms with Crippen LogP contribution in [0.4, 0.5) is 17.6 Å². The van der Waals surface area contributed by atoms with Gasteiger partial charge in [-0.1, -0.05) is 84.9 Å². The Morgan fingerprint density at radius 3 is 1.18 bits per heavy atom. The lowest BCUT2D eigenvalue weighted by Gasteiger charge is -2.57. The number of ether oxygens (including phenoxy) is 9. The molecule has 4 heterocycles. The summed E-state index contributed by atoms with van der Waals surface area (Å²) in [4.78, 5) is 104. The molecule has 6 aromatic rings. The van der Waals surface area contributed by atoms with Gasteiger partial charge in [0.05, 0.1) is 28.8 Å². The molecule has 12 aliphatic carbocycles. The van der Waals surface area contributed by atoms with E-state index in [9.17, 15) is 66.3 Å². The zero-order valence-electron chi connectivity index (χ0n) is 69.8. The zero-order chi connectivity index (χ0) is 91.2. The fraction of sp³-hybridized carbons (Fsp3) is 0.470. The van der Waals surface area contributed by atoms with Crippen molar-refractivity contribution in [3.05, 3.63) is 158 Å². The van der Waals surface area contributed by atoms with Crippen molar-refractivity contribution < 1.29 is 123 Å². The second-order valence-electron chi connectivity index (χ2n) is 35.9. The number of para-hydroxylation sites is 4. The average Bonchev–Trinajstić information content (AvgIpc) is 1.23. The maximum absolute atomic E-state index is 13.9. The Morgan fingerprint density at radius 2 is 0.828 bits per heavy atom. The van der Waals surface area contributed by atoms with Gasteiger partial charge in [0.25, 0.3) is 0 Å². The van der Waals surface area contributed by atoms with E-state index in [0.29, 0.717) is 51.4 Å². The van der Waals surface area contributed by atoms with Gasteiger partial charge in [0.1, 0.15) is 64.4 Å². The molecule has 45 heteroatoms. The quantitative estimate of drug-likeness (QED) is 0.0102. The third-order valence-corrected chi connectivity index (χ3v) is 32.7. The smallest absolute Gasteiger partial charge is 0.415 e. The third-order valence-electron chi connectivity index (χ3n) is 27.6. The number of carbonyl (C=O) groups is 8. The number of esters is 7. The van der Waals surface area contributed by atoms with Crippen LogP contribution >= 0.6 is 12.0 Å². The first-order chi connectivity index (χ1) is 61.0. The second kappa shape index (κ2) is 39.6. The van der Waals surface area contributed by atoms with Crippen LogP contribution < -0.4 is 14.7 Å². The molecule has 638 valence electrons. The predicted molar refractivity (Wildman–Crippen MR) is 477 cm³/mol. The van der Waals surface area contributed by atoms with E-state index in [1.807, 2.05) is 48.5 Å². The minimum absolute atomic E-state index is 0.0192. The topological polar surface area (TPSA) is 302 Å². The SMILES string of the molecule is CC(F)(F)C(=O)O.O=C(COC(=O)C12CC3CC(C1)C(O)C(C3)C2)OC1C2CC3C(=O)OC1C3C2.O=C(COC(=O)C12CC3CC(C1)C(OC(=O)C(F)(F)SOO[O-])C(C3)C2)OC1C2CC3C(=O)OC1C3C2.[B]B([B])B([B])B(B([B])[B])B(B([B])[B])B([B])[B].c1ccc([S+]2c3ccccc3Oc3ccccc32)cc1.c1ccc([S+]2c3ccccc3Oc3ccccc32)cc1. The molecule has 4 aliphatic heterocycles. The first-order valence-electron chi connectivity index (χ1n) is 42.8. The predicted octanol–water partition coefficient (Wildman–Crippen LogP) is 6.84. The summed E-state index contributed by atoms with van der Waals surface area (Å²) >= 11 is -0.740. The molecular weight excluding hydrogens is 1690 g/mol. The molecule has 0 spiro atoms. The van der Waals surface area contributed by atoms with Gasteiger partial charge >= 0.3 is 58.9 Å². The van der Waals surface area contributed by atoms with Crippen LogP contribution in [0.2, 0.25) is 0 Å². The number of aliphatic hydroxyl groups is 1. The van der Waals surface area contributed by atoms with Crippen LogP contribution in [0.3, 0.4) is 0 Å². The summed E-state index contributed by atoms with van der Waals surface area (Å²) in [5.74, 6) is -5.39. The molecule has 2 N–H and O–H groups in total. The molecule has 16 aliphatic rings. The summed E-state index contributed by atoms with van der Waals surface area (Å²) in [5.41, 5.74) is -1.41. The Hall–Kier alpha value is -7.67. The zero-order valence-corrected chi connectivity index (χ0v) is 72.2. The highest BCUT2D eigenvalue weighted by molar-refractivity contribution is 8.13. The van der Waals surface area contributed by atoms with Crippen LogP contribution in [0.25, 0.3) is 0 Å². The van der Waals surface area contributed by atoms with Gasteiger partial charge in [0, 0.05) is 145 Å². The molecule has 0 amide bonds. The molecule has 6 aromatic carbocycles. The molecular formula is C83H81B16F4O22S3+. The molecule has 12 bridgehead atoms. The molecule has 22 rings (SSSR count). The van der Waals surface area contributed by atoms with Crippen molar-refractivity contribution in [2.75, 3.05) is 13.2 Å². The Bertz CT molecular complexity index is 4790. The maximum Gasteiger partial charge on any atom is 0.415 e. The van der Waals surface area contributed by atoms with Crippen molar-refractivity contribution in [2.45, 2.75) is 174 Å². The molecule has 18 radical (unpaired) electrons. The van der Waals surface area contributed by atoms with Crippen molar-refractivity contribution >= 4 is 196 Å². The van der Waals surface area contributed by atoms with Crippen molar-refractivity contribution in [3.8, 4) is 23.0 Å². The molecule has 22 nitrogen and oxygen atoms in total. The van der Waals surface area contributed by atoms with Crippen LogP contribution in [-0.4, -0.2) is 233 Å². The highest BCUT2D eigenvalue weighted by Gasteiger charge is 2.67. The number of alkyl halides is 4. The van der Waals surface area contributed by atoms with E-state index < -0.39 is 140 Å². The van der Waals surface area contributed by atoms with Crippen molar-refractivity contribution in [1.29, 1.82) is 0 Å². The van der Waals surface area contributed by atoms with E-state index in [1.165, 1.54) is 29.4 Å². The fourth-order valence-electron chi connectivity index (χ4n) is 22.7. The number of hydrogen-bond acceptors (Lipinski definition) is 22. The highest BCUT2D eigenvalue weighted by Crippen LogP contribution is 2.64. The van der Waals surface area contributed by atoms with Gasteiger partial charge in [-0.15, -0.1) is 0 Å². The number of hydrogen-bond donors (Lipinski definition) is 2. The molecule has 14 unspecified atom stereocenters. The lowest BCUT2D eigenvalue weighted by molar-refractivity contribution is -0.777. The van der Waals surface area contributed by atoms with E-state index in [2.05, 4.69) is 119 Å². The lowest BCUT2D eigenvalue weighted by Crippen LogP contribution is -2.75. The van der Waals surface area contributed by atoms with Gasteiger partial charge in [-0.3, -0.25) is 24.2 Å². The van der Waals surface area contributed by atoms with Gasteiger partial charge < -0.3 is 58.1 Å². The fourth-order valence-corrected chi connectivity index (χ4v) is 27.4. The summed E-state index contributed by atoms with van der Waals surface area (Å²) < 4.78 is 104. The molecule has 0 aromatic heterocycles. The standard InChI is InChI=1S/C23H26F2O11S.C21H26O7.2C18H13OS.C3H4F2O2.B16/c24-23(25,37-36-35-30)21(29)34-16-11-1-9-2-12(16)7-22(5-9,6-11)20(28)31-8-15(26)32-17-10-3-13-14(4-10)19(27)33-18(13)17;22-15(27-17-10-3-13-14(4-10)19(24)28-18(13)17)8-26-20(25)21-5-9-1-11(6-21)16(23)12(2-9)7-21;2*1-2-8-14(9-3-1)20-17-12-6-4-10-15(17)19-16-11-5-7-13-18(16)20;1-3(4,5)2(6)7;1-10(2)14(9)16(13(7)8)15(11(3)4)12(5)6/h9-14,16-18,30H,1-8H2;9-14,16-18,23H,1-8H2;2*1-13H;1H3,(H,6,7);/q;;2*+1;;/p-1. The van der Waals surface area contributed by atoms with Crippen molar-refractivity contribution in [1.82, 2.24) is 0 Å². The largest absolute Gasteiger partial charge is 0.691 e. The van der Waals surface area contributed by atoms with Crippen LogP contribution in [-0.2, 0) is 103 Å². The van der Waals surface area contributed by atoms with Crippen LogP contribution in [0, 0.1) is 81.8 Å². The van der Waals surface area contributed by atoms with E-state index in [-0.39, 0.29) is 136 Å². The number of benzene rings is 6. The number of aliphatic carboxylic acids is 1. The highest BCUT2D eigenvalue weighted by atomic mass is 32.2. The number of fused-ring (bicyclic) bond motifs is 6. The first kappa shape index (κ1) is 95.0. The average molecular weight is 1780 g/mol. The monoisotopic (exact) mass is 1780 g/mol. The summed E-state index contributed by atoms with van der Waals surface area (Å²) in [5, 5.41) is 26.4. The lowest BCUT2D eigenvalue weighted by atomic mass is 8.44. The summed E-state index contributed by atoms with van der Waals surface area (Å²) in [7, 11) is 50.2. The number of halogens is 4. The molecule has 2 saturated heterocycles. The number of aliphatic hydroxyl groups excluding tert-OH is 1.